The monoisotopic (exact) mass is 122 g/mol. The summed E-state index contributed by atoms with van der Waals surface area (Å²) in [5, 5.41) is 8.38. The summed E-state index contributed by atoms with van der Waals surface area (Å²) in [6.45, 7) is 0. The summed E-state index contributed by atoms with van der Waals surface area (Å²) in [5.41, 5.74) is 5.71. The van der Waals surface area contributed by atoms with Gasteiger partial charge in [-0.15, -0.1) is 0 Å². The highest BCUT2D eigenvalue weighted by molar-refractivity contribution is 6.45. The van der Waals surface area contributed by atoms with Crippen molar-refractivity contribution in [3.63, 3.8) is 0 Å². The van der Waals surface area contributed by atoms with E-state index in [1.54, 1.807) is 0 Å². The minimum Gasteiger partial charge on any atom is -0.450 e. The first-order chi connectivity index (χ1) is 4.33. The lowest BCUT2D eigenvalue weighted by atomic mass is 9.92. The van der Waals surface area contributed by atoms with E-state index in [1.165, 1.54) is 12.4 Å². The van der Waals surface area contributed by atoms with Crippen molar-refractivity contribution in [2.75, 3.05) is 5.73 Å². The van der Waals surface area contributed by atoms with Gasteiger partial charge < -0.3 is 10.8 Å². The molecule has 1 rings (SSSR count). The molecule has 0 saturated heterocycles. The summed E-state index contributed by atoms with van der Waals surface area (Å²) in [6, 6.07) is 0. The minimum absolute atomic E-state index is 0.209. The van der Waals surface area contributed by atoms with E-state index in [-0.39, 0.29) is 5.95 Å². The average molecular weight is 122 g/mol. The fourth-order valence-electron chi connectivity index (χ4n) is 0.415. The highest BCUT2D eigenvalue weighted by Gasteiger charge is 1.91. The Hall–Kier alpha value is -1.10. The molecule has 9 heavy (non-hydrogen) atoms. The van der Waals surface area contributed by atoms with Gasteiger partial charge in [0.05, 0.1) is 0 Å². The molecule has 0 amide bonds. The van der Waals surface area contributed by atoms with Crippen molar-refractivity contribution in [2.45, 2.75) is 0 Å². The summed E-state index contributed by atoms with van der Waals surface area (Å²) < 4.78 is 0. The largest absolute Gasteiger partial charge is 0.450 e. The van der Waals surface area contributed by atoms with Crippen LogP contribution < -0.4 is 11.2 Å². The second-order valence-electron chi connectivity index (χ2n) is 1.50. The first kappa shape index (κ1) is 6.03. The van der Waals surface area contributed by atoms with Gasteiger partial charge in [0, 0.05) is 12.4 Å². The first-order valence-corrected chi connectivity index (χ1v) is 2.38. The second-order valence-corrected chi connectivity index (χ2v) is 1.50. The number of rotatable bonds is 1. The number of nitrogen functional groups attached to an aromatic ring is 1. The molecule has 0 spiro atoms. The van der Waals surface area contributed by atoms with Crippen LogP contribution in [0.1, 0.15) is 0 Å². The van der Waals surface area contributed by atoms with Crippen LogP contribution in [-0.2, 0) is 0 Å². The molecule has 0 fully saturated rings. The highest BCUT2D eigenvalue weighted by Crippen LogP contribution is 1.80. The molecular weight excluding hydrogens is 117 g/mol. The van der Waals surface area contributed by atoms with E-state index < -0.39 is 0 Å². The molecule has 4 nitrogen and oxygen atoms in total. The van der Waals surface area contributed by atoms with Crippen LogP contribution in [-0.4, -0.2) is 22.5 Å². The van der Waals surface area contributed by atoms with Crippen LogP contribution in [0.25, 0.3) is 0 Å². The van der Waals surface area contributed by atoms with Gasteiger partial charge in [0.1, 0.15) is 0 Å². The molecular formula is C4H5BN3O. The van der Waals surface area contributed by atoms with Gasteiger partial charge in [0.15, 0.2) is 0 Å². The summed E-state index contributed by atoms with van der Waals surface area (Å²) in [4.78, 5) is 7.25. The quantitative estimate of drug-likeness (QED) is 0.435. The number of anilines is 1. The maximum absolute atomic E-state index is 8.38. The number of nitrogens with two attached hydrogens (primary N) is 1. The van der Waals surface area contributed by atoms with Crippen molar-refractivity contribution >= 4 is 18.9 Å². The van der Waals surface area contributed by atoms with E-state index >= 15 is 0 Å². The third-order valence-corrected chi connectivity index (χ3v) is 0.841. The van der Waals surface area contributed by atoms with Crippen molar-refractivity contribution in [3.8, 4) is 0 Å². The minimum atomic E-state index is 0.209. The third kappa shape index (κ3) is 1.40. The van der Waals surface area contributed by atoms with Crippen molar-refractivity contribution in [1.29, 1.82) is 0 Å². The topological polar surface area (TPSA) is 72.0 Å². The smallest absolute Gasteiger partial charge is 0.329 e. The number of hydrogen-bond donors (Lipinski definition) is 2. The number of hydrogen-bond acceptors (Lipinski definition) is 4. The molecule has 0 bridgehead atoms. The Bertz CT molecular complexity index is 188. The van der Waals surface area contributed by atoms with Gasteiger partial charge in [-0.25, -0.2) is 9.97 Å². The van der Waals surface area contributed by atoms with Crippen LogP contribution in [0.2, 0.25) is 0 Å². The van der Waals surface area contributed by atoms with Gasteiger partial charge in [-0.05, 0) is 5.46 Å². The van der Waals surface area contributed by atoms with Gasteiger partial charge in [0.25, 0.3) is 0 Å². The molecule has 0 unspecified atom stereocenters. The maximum atomic E-state index is 8.38. The fraction of sp³-hybridized carbons (Fsp3) is 0. The van der Waals surface area contributed by atoms with Crippen molar-refractivity contribution in [2.24, 2.45) is 0 Å². The third-order valence-electron chi connectivity index (χ3n) is 0.841. The zero-order chi connectivity index (χ0) is 6.69. The molecule has 0 saturated carbocycles. The van der Waals surface area contributed by atoms with Crippen LogP contribution in [0.3, 0.4) is 0 Å². The summed E-state index contributed by atoms with van der Waals surface area (Å²) in [5.74, 6) is 0.209. The molecule has 1 radical (unpaired) electrons. The Labute approximate surface area is 53.0 Å². The maximum Gasteiger partial charge on any atom is 0.329 e. The molecule has 1 heterocycles. The Morgan fingerprint density at radius 2 is 2.00 bits per heavy atom. The second kappa shape index (κ2) is 2.45. The van der Waals surface area contributed by atoms with Crippen LogP contribution >= 0.6 is 0 Å². The predicted molar refractivity (Wildman–Crippen MR) is 34.1 cm³/mol. The summed E-state index contributed by atoms with van der Waals surface area (Å²) in [7, 11) is 0.916. The molecule has 3 N–H and O–H groups in total. The molecule has 0 atom stereocenters. The number of aromatic nitrogens is 2. The molecule has 5 heteroatoms. The zero-order valence-electron chi connectivity index (χ0n) is 4.65. The Morgan fingerprint density at radius 3 is 2.44 bits per heavy atom. The van der Waals surface area contributed by atoms with Gasteiger partial charge in [0.2, 0.25) is 5.95 Å². The lowest BCUT2D eigenvalue weighted by molar-refractivity contribution is 0.615. The lowest BCUT2D eigenvalue weighted by Gasteiger charge is -1.90. The molecule has 0 aliphatic carbocycles. The zero-order valence-corrected chi connectivity index (χ0v) is 4.65. The van der Waals surface area contributed by atoms with E-state index in [4.69, 9.17) is 10.8 Å². The van der Waals surface area contributed by atoms with E-state index in [0.717, 1.165) is 7.48 Å². The van der Waals surface area contributed by atoms with E-state index in [9.17, 15) is 0 Å². The van der Waals surface area contributed by atoms with Crippen LogP contribution in [0.5, 0.6) is 0 Å². The lowest BCUT2D eigenvalue weighted by Crippen LogP contribution is -2.15. The standard InChI is InChI=1S/C4H5BN3O/c6-4-7-1-3(5-9)2-8-4/h1-2,9H,(H2,6,7,8). The molecule has 0 aromatic carbocycles. The summed E-state index contributed by atoms with van der Waals surface area (Å²) in [6.07, 6.45) is 2.87. The highest BCUT2D eigenvalue weighted by atomic mass is 16.2. The van der Waals surface area contributed by atoms with E-state index in [0.29, 0.717) is 5.46 Å². The van der Waals surface area contributed by atoms with Crippen molar-refractivity contribution < 1.29 is 5.02 Å². The molecule has 1 aromatic heterocycles. The average Bonchev–Trinajstić information content (AvgIpc) is 1.90. The fourth-order valence-corrected chi connectivity index (χ4v) is 0.415. The predicted octanol–water partition coefficient (Wildman–Crippen LogP) is -1.70. The van der Waals surface area contributed by atoms with Gasteiger partial charge in [-0.2, -0.15) is 0 Å². The molecule has 0 aliphatic rings. The Morgan fingerprint density at radius 1 is 1.44 bits per heavy atom. The van der Waals surface area contributed by atoms with Crippen LogP contribution in [0.15, 0.2) is 12.4 Å². The van der Waals surface area contributed by atoms with Crippen LogP contribution in [0.4, 0.5) is 5.95 Å². The molecule has 1 aromatic rings. The molecule has 45 valence electrons. The van der Waals surface area contributed by atoms with Crippen molar-refractivity contribution in [3.05, 3.63) is 12.4 Å². The van der Waals surface area contributed by atoms with Gasteiger partial charge in [-0.3, -0.25) is 0 Å². The first-order valence-electron chi connectivity index (χ1n) is 2.38. The van der Waals surface area contributed by atoms with E-state index in [2.05, 4.69) is 9.97 Å². The molecule has 0 aliphatic heterocycles. The normalized spacial score (nSPS) is 9.00. The van der Waals surface area contributed by atoms with Crippen LogP contribution in [0, 0.1) is 0 Å². The Kier molecular flexibility index (Phi) is 1.64. The van der Waals surface area contributed by atoms with Gasteiger partial charge in [-0.1, -0.05) is 0 Å². The SMILES string of the molecule is Nc1ncc([B]O)cn1. The van der Waals surface area contributed by atoms with Gasteiger partial charge >= 0.3 is 7.48 Å². The van der Waals surface area contributed by atoms with Crippen molar-refractivity contribution in [1.82, 2.24) is 9.97 Å². The number of nitrogens with zero attached hydrogens (tertiary/aromatic N) is 2. The Balaban J connectivity index is 2.88. The van der Waals surface area contributed by atoms with E-state index in [1.807, 2.05) is 0 Å². The summed E-state index contributed by atoms with van der Waals surface area (Å²) >= 11 is 0.